The first kappa shape index (κ1) is 21.9. The van der Waals surface area contributed by atoms with Crippen molar-refractivity contribution in [2.75, 3.05) is 4.90 Å². The van der Waals surface area contributed by atoms with E-state index in [0.29, 0.717) is 27.4 Å². The molecule has 2 heterocycles. The van der Waals surface area contributed by atoms with Gasteiger partial charge in [-0.2, -0.15) is 0 Å². The average Bonchev–Trinajstić information content (AvgIpc) is 3.09. The van der Waals surface area contributed by atoms with Gasteiger partial charge >= 0.3 is 0 Å². The number of aromatic nitrogens is 1. The summed E-state index contributed by atoms with van der Waals surface area (Å²) >= 11 is 6.17. The molecule has 0 atom stereocenters. The van der Waals surface area contributed by atoms with Crippen LogP contribution in [0, 0.1) is 20.8 Å². The third-order valence-electron chi connectivity index (χ3n) is 6.18. The molecule has 34 heavy (non-hydrogen) atoms. The molecule has 3 aromatic carbocycles. The van der Waals surface area contributed by atoms with Gasteiger partial charge in [0.05, 0.1) is 5.69 Å². The number of halogens is 1. The first-order valence-corrected chi connectivity index (χ1v) is 11.4. The first-order valence-electron chi connectivity index (χ1n) is 11.1. The molecule has 5 rings (SSSR count). The number of nitrogens with zero attached hydrogens (tertiary/aromatic N) is 2. The molecule has 1 aliphatic heterocycles. The molecule has 4 aromatic rings. The van der Waals surface area contributed by atoms with E-state index < -0.39 is 0 Å². The van der Waals surface area contributed by atoms with Crippen molar-refractivity contribution in [1.29, 1.82) is 0 Å². The molecule has 0 radical (unpaired) electrons. The van der Waals surface area contributed by atoms with Crippen molar-refractivity contribution in [3.05, 3.63) is 118 Å². The summed E-state index contributed by atoms with van der Waals surface area (Å²) in [4.78, 5) is 28.2. The molecule has 0 saturated heterocycles. The Bertz CT molecular complexity index is 1500. The van der Waals surface area contributed by atoms with Gasteiger partial charge in [0.15, 0.2) is 0 Å². The lowest BCUT2D eigenvalue weighted by atomic mass is 9.91. The fraction of sp³-hybridized carbons (Fsp3) is 0.103. The van der Waals surface area contributed by atoms with Gasteiger partial charge in [0.2, 0.25) is 0 Å². The molecule has 0 saturated carbocycles. The van der Waals surface area contributed by atoms with Crippen LogP contribution in [0.3, 0.4) is 0 Å². The number of aryl methyl sites for hydroxylation is 2. The molecule has 0 fully saturated rings. The molecule has 5 heteroatoms. The second kappa shape index (κ2) is 8.47. The van der Waals surface area contributed by atoms with E-state index in [-0.39, 0.29) is 11.8 Å². The molecule has 0 N–H and O–H groups in total. The van der Waals surface area contributed by atoms with E-state index >= 15 is 0 Å². The highest BCUT2D eigenvalue weighted by Gasteiger charge is 2.36. The first-order chi connectivity index (χ1) is 16.3. The van der Waals surface area contributed by atoms with E-state index in [4.69, 9.17) is 11.6 Å². The SMILES string of the molecule is Cc1cccc(-n2c(C)cc(C=C3C(=O)N(c4cccc(Cl)c4)C(=O)c4ccccc43)c2C)c1. The summed E-state index contributed by atoms with van der Waals surface area (Å²) in [5.74, 6) is -0.725. The lowest BCUT2D eigenvalue weighted by molar-refractivity contribution is -0.112. The number of benzene rings is 3. The van der Waals surface area contributed by atoms with Crippen molar-refractivity contribution < 1.29 is 9.59 Å². The number of imide groups is 1. The van der Waals surface area contributed by atoms with Crippen molar-refractivity contribution in [2.24, 2.45) is 0 Å². The minimum atomic E-state index is -0.369. The van der Waals surface area contributed by atoms with Gasteiger partial charge in [0.1, 0.15) is 0 Å². The van der Waals surface area contributed by atoms with Gasteiger partial charge in [0, 0.05) is 33.2 Å². The minimum Gasteiger partial charge on any atom is -0.318 e. The number of carbonyl (C=O) groups is 2. The van der Waals surface area contributed by atoms with Crippen LogP contribution < -0.4 is 4.90 Å². The fourth-order valence-corrected chi connectivity index (χ4v) is 4.78. The number of fused-ring (bicyclic) bond motifs is 1. The van der Waals surface area contributed by atoms with Crippen molar-refractivity contribution in [3.8, 4) is 5.69 Å². The zero-order valence-electron chi connectivity index (χ0n) is 19.2. The number of carbonyl (C=O) groups excluding carboxylic acids is 2. The van der Waals surface area contributed by atoms with Crippen molar-refractivity contribution in [1.82, 2.24) is 4.57 Å². The Balaban J connectivity index is 1.68. The smallest absolute Gasteiger partial charge is 0.265 e. The molecule has 0 spiro atoms. The fourth-order valence-electron chi connectivity index (χ4n) is 4.60. The molecular formula is C29H23ClN2O2. The molecule has 168 valence electrons. The van der Waals surface area contributed by atoms with Crippen LogP contribution in [0.1, 0.15) is 38.4 Å². The molecule has 1 aromatic heterocycles. The maximum Gasteiger partial charge on any atom is 0.265 e. The third-order valence-corrected chi connectivity index (χ3v) is 6.42. The van der Waals surface area contributed by atoms with Gasteiger partial charge < -0.3 is 4.57 Å². The summed E-state index contributed by atoms with van der Waals surface area (Å²) in [6.45, 7) is 6.16. The van der Waals surface area contributed by atoms with Crippen molar-refractivity contribution in [3.63, 3.8) is 0 Å². The van der Waals surface area contributed by atoms with E-state index in [1.165, 1.54) is 10.5 Å². The third kappa shape index (κ3) is 3.66. The Morgan fingerprint density at radius 2 is 1.44 bits per heavy atom. The summed E-state index contributed by atoms with van der Waals surface area (Å²) in [7, 11) is 0. The summed E-state index contributed by atoms with van der Waals surface area (Å²) in [6, 6.07) is 24.4. The lowest BCUT2D eigenvalue weighted by Crippen LogP contribution is -2.41. The van der Waals surface area contributed by atoms with Gasteiger partial charge in [-0.25, -0.2) is 4.90 Å². The minimum absolute atomic E-state index is 0.356. The Labute approximate surface area is 203 Å². The van der Waals surface area contributed by atoms with Crippen LogP contribution in [0.2, 0.25) is 5.02 Å². The van der Waals surface area contributed by atoms with Gasteiger partial charge in [-0.3, -0.25) is 9.59 Å². The number of hydrogen-bond donors (Lipinski definition) is 0. The van der Waals surface area contributed by atoms with Crippen LogP contribution in [0.4, 0.5) is 5.69 Å². The molecule has 1 aliphatic rings. The van der Waals surface area contributed by atoms with Gasteiger partial charge in [-0.15, -0.1) is 0 Å². The highest BCUT2D eigenvalue weighted by molar-refractivity contribution is 6.43. The number of anilines is 1. The maximum atomic E-state index is 13.7. The zero-order valence-corrected chi connectivity index (χ0v) is 19.9. The van der Waals surface area contributed by atoms with Crippen LogP contribution in [0.5, 0.6) is 0 Å². The van der Waals surface area contributed by atoms with Crippen LogP contribution >= 0.6 is 11.6 Å². The Kier molecular flexibility index (Phi) is 5.46. The number of rotatable bonds is 3. The molecule has 0 aliphatic carbocycles. The van der Waals surface area contributed by atoms with E-state index in [0.717, 1.165) is 22.6 Å². The lowest BCUT2D eigenvalue weighted by Gasteiger charge is -2.28. The quantitative estimate of drug-likeness (QED) is 0.246. The van der Waals surface area contributed by atoms with Crippen LogP contribution in [-0.4, -0.2) is 16.4 Å². The van der Waals surface area contributed by atoms with Gasteiger partial charge in [-0.1, -0.05) is 48.0 Å². The van der Waals surface area contributed by atoms with Crippen LogP contribution in [-0.2, 0) is 4.79 Å². The average molecular weight is 467 g/mol. The predicted molar refractivity (Wildman–Crippen MR) is 138 cm³/mol. The molecule has 2 amide bonds. The van der Waals surface area contributed by atoms with Gasteiger partial charge in [-0.05, 0) is 86.0 Å². The van der Waals surface area contributed by atoms with E-state index in [1.807, 2.05) is 37.3 Å². The summed E-state index contributed by atoms with van der Waals surface area (Å²) in [6.07, 6.45) is 1.89. The molecule has 4 nitrogen and oxygen atoms in total. The summed E-state index contributed by atoms with van der Waals surface area (Å²) in [5, 5.41) is 0.462. The van der Waals surface area contributed by atoms with Crippen LogP contribution in [0.15, 0.2) is 78.9 Å². The normalized spacial score (nSPS) is 14.6. The highest BCUT2D eigenvalue weighted by atomic mass is 35.5. The summed E-state index contributed by atoms with van der Waals surface area (Å²) in [5.41, 5.74) is 7.31. The Morgan fingerprint density at radius 1 is 0.735 bits per heavy atom. The van der Waals surface area contributed by atoms with E-state index in [1.54, 1.807) is 30.3 Å². The second-order valence-electron chi connectivity index (χ2n) is 8.53. The number of hydrogen-bond acceptors (Lipinski definition) is 2. The monoisotopic (exact) mass is 466 g/mol. The zero-order chi connectivity index (χ0) is 24.0. The van der Waals surface area contributed by atoms with E-state index in [2.05, 4.69) is 42.7 Å². The Hall–Kier alpha value is -3.89. The van der Waals surface area contributed by atoms with E-state index in [9.17, 15) is 9.59 Å². The topological polar surface area (TPSA) is 42.3 Å². The van der Waals surface area contributed by atoms with Gasteiger partial charge in [0.25, 0.3) is 11.8 Å². The van der Waals surface area contributed by atoms with Crippen molar-refractivity contribution >= 4 is 40.8 Å². The predicted octanol–water partition coefficient (Wildman–Crippen LogP) is 6.78. The standard InChI is InChI=1S/C29H23ClN2O2/c1-18-8-6-10-23(14-18)31-19(2)15-21(20(31)3)16-27-25-12-4-5-13-26(25)28(33)32(29(27)34)24-11-7-9-22(30)17-24/h4-17H,1-3H3. The molecular weight excluding hydrogens is 444 g/mol. The number of amides is 2. The largest absolute Gasteiger partial charge is 0.318 e. The van der Waals surface area contributed by atoms with Crippen molar-refractivity contribution in [2.45, 2.75) is 20.8 Å². The molecule has 0 bridgehead atoms. The Morgan fingerprint density at radius 3 is 2.18 bits per heavy atom. The second-order valence-corrected chi connectivity index (χ2v) is 8.97. The highest BCUT2D eigenvalue weighted by Crippen LogP contribution is 2.35. The van der Waals surface area contributed by atoms with Crippen LogP contribution in [0.25, 0.3) is 17.3 Å². The maximum absolute atomic E-state index is 13.7. The molecule has 0 unspecified atom stereocenters. The summed E-state index contributed by atoms with van der Waals surface area (Å²) < 4.78 is 2.18.